The Hall–Kier alpha value is -1.98. The average Bonchev–Trinajstić information content (AvgIpc) is 2.40. The molecule has 0 radical (unpaired) electrons. The summed E-state index contributed by atoms with van der Waals surface area (Å²) in [6.07, 6.45) is 5.27. The maximum atomic E-state index is 5.65. The first-order valence-corrected chi connectivity index (χ1v) is 5.63. The highest BCUT2D eigenvalue weighted by Gasteiger charge is 2.17. The lowest BCUT2D eigenvalue weighted by atomic mass is 10.0. The highest BCUT2D eigenvalue weighted by molar-refractivity contribution is 5.37. The molecular formula is C13H16N4O. The van der Waals surface area contributed by atoms with Crippen LogP contribution in [0, 0.1) is 6.92 Å². The maximum Gasteiger partial charge on any atom is 0.218 e. The summed E-state index contributed by atoms with van der Waals surface area (Å²) in [5, 5.41) is 0. The molecule has 0 aliphatic rings. The van der Waals surface area contributed by atoms with Crippen LogP contribution in [0.2, 0.25) is 0 Å². The van der Waals surface area contributed by atoms with E-state index >= 15 is 0 Å². The minimum atomic E-state index is -0.193. The van der Waals surface area contributed by atoms with Gasteiger partial charge in [0, 0.05) is 24.2 Å². The zero-order valence-electron chi connectivity index (χ0n) is 10.4. The van der Waals surface area contributed by atoms with Crippen molar-refractivity contribution in [2.75, 3.05) is 7.11 Å². The number of aryl methyl sites for hydroxylation is 1. The third kappa shape index (κ3) is 2.47. The van der Waals surface area contributed by atoms with E-state index in [-0.39, 0.29) is 6.04 Å². The quantitative estimate of drug-likeness (QED) is 0.627. The number of hydrogen-bond acceptors (Lipinski definition) is 5. The lowest BCUT2D eigenvalue weighted by Gasteiger charge is -2.18. The molecule has 0 fully saturated rings. The number of pyridine rings is 2. The van der Waals surface area contributed by atoms with Crippen LogP contribution in [0.4, 0.5) is 0 Å². The molecule has 2 rings (SSSR count). The molecule has 0 saturated carbocycles. The zero-order valence-corrected chi connectivity index (χ0v) is 10.4. The Balaban J connectivity index is 2.45. The highest BCUT2D eigenvalue weighted by atomic mass is 16.5. The molecule has 1 atom stereocenters. The van der Waals surface area contributed by atoms with Crippen LogP contribution in [0.3, 0.4) is 0 Å². The van der Waals surface area contributed by atoms with Gasteiger partial charge in [-0.15, -0.1) is 0 Å². The predicted octanol–water partition coefficient (Wildman–Crippen LogP) is 1.35. The van der Waals surface area contributed by atoms with E-state index < -0.39 is 0 Å². The monoisotopic (exact) mass is 244 g/mol. The summed E-state index contributed by atoms with van der Waals surface area (Å²) in [5.41, 5.74) is 5.72. The Morgan fingerprint density at radius 3 is 2.89 bits per heavy atom. The Morgan fingerprint density at radius 1 is 1.39 bits per heavy atom. The van der Waals surface area contributed by atoms with Crippen LogP contribution in [-0.4, -0.2) is 17.1 Å². The van der Waals surface area contributed by atoms with Crippen LogP contribution in [-0.2, 0) is 0 Å². The fourth-order valence-electron chi connectivity index (χ4n) is 1.90. The van der Waals surface area contributed by atoms with Crippen molar-refractivity contribution in [2.45, 2.75) is 13.0 Å². The van der Waals surface area contributed by atoms with Crippen LogP contribution in [0.1, 0.15) is 22.7 Å². The SMILES string of the molecule is COc1ncccc1C(NN)c1cncc(C)c1. The molecule has 5 nitrogen and oxygen atoms in total. The van der Waals surface area contributed by atoms with Crippen molar-refractivity contribution in [2.24, 2.45) is 5.84 Å². The van der Waals surface area contributed by atoms with E-state index in [0.717, 1.165) is 16.7 Å². The van der Waals surface area contributed by atoms with Crippen LogP contribution in [0.25, 0.3) is 0 Å². The van der Waals surface area contributed by atoms with Gasteiger partial charge in [-0.3, -0.25) is 10.8 Å². The van der Waals surface area contributed by atoms with Gasteiger partial charge in [-0.25, -0.2) is 10.4 Å². The maximum absolute atomic E-state index is 5.65. The van der Waals surface area contributed by atoms with Crippen molar-refractivity contribution >= 4 is 0 Å². The number of nitrogens with zero attached hydrogens (tertiary/aromatic N) is 2. The summed E-state index contributed by atoms with van der Waals surface area (Å²) in [6.45, 7) is 1.99. The average molecular weight is 244 g/mol. The number of aromatic nitrogens is 2. The molecule has 3 N–H and O–H groups in total. The molecule has 0 aromatic carbocycles. The number of hydrazine groups is 1. The van der Waals surface area contributed by atoms with Crippen molar-refractivity contribution < 1.29 is 4.74 Å². The molecule has 94 valence electrons. The largest absolute Gasteiger partial charge is 0.481 e. The predicted molar refractivity (Wildman–Crippen MR) is 68.9 cm³/mol. The van der Waals surface area contributed by atoms with Crippen molar-refractivity contribution in [3.63, 3.8) is 0 Å². The molecule has 0 amide bonds. The highest BCUT2D eigenvalue weighted by Crippen LogP contribution is 2.27. The van der Waals surface area contributed by atoms with Gasteiger partial charge < -0.3 is 4.74 Å². The molecular weight excluding hydrogens is 228 g/mol. The molecule has 0 saturated heterocycles. The molecule has 0 spiro atoms. The first kappa shape index (κ1) is 12.5. The minimum absolute atomic E-state index is 0.193. The Kier molecular flexibility index (Phi) is 3.86. The smallest absolute Gasteiger partial charge is 0.218 e. The Bertz CT molecular complexity index is 530. The van der Waals surface area contributed by atoms with E-state index in [2.05, 4.69) is 15.4 Å². The number of nitrogens with one attached hydrogen (secondary N) is 1. The topological polar surface area (TPSA) is 73.1 Å². The molecule has 0 aliphatic heterocycles. The Morgan fingerprint density at radius 2 is 2.22 bits per heavy atom. The van der Waals surface area contributed by atoms with E-state index in [1.165, 1.54) is 0 Å². The van der Waals surface area contributed by atoms with E-state index in [1.54, 1.807) is 25.7 Å². The molecule has 2 heterocycles. The zero-order chi connectivity index (χ0) is 13.0. The Labute approximate surface area is 106 Å². The van der Waals surface area contributed by atoms with Crippen LogP contribution >= 0.6 is 0 Å². The second-order valence-corrected chi connectivity index (χ2v) is 4.00. The molecule has 2 aromatic heterocycles. The van der Waals surface area contributed by atoms with Gasteiger partial charge in [0.15, 0.2) is 0 Å². The first-order valence-electron chi connectivity index (χ1n) is 5.63. The van der Waals surface area contributed by atoms with Crippen molar-refractivity contribution in [3.8, 4) is 5.88 Å². The lowest BCUT2D eigenvalue weighted by Crippen LogP contribution is -2.29. The summed E-state index contributed by atoms with van der Waals surface area (Å²) in [7, 11) is 1.59. The van der Waals surface area contributed by atoms with Gasteiger partial charge in [-0.2, -0.15) is 0 Å². The van der Waals surface area contributed by atoms with Gasteiger partial charge in [0.25, 0.3) is 0 Å². The van der Waals surface area contributed by atoms with Crippen LogP contribution < -0.4 is 16.0 Å². The van der Waals surface area contributed by atoms with E-state index in [1.807, 2.05) is 25.1 Å². The minimum Gasteiger partial charge on any atom is -0.481 e. The summed E-state index contributed by atoms with van der Waals surface area (Å²) < 4.78 is 5.25. The summed E-state index contributed by atoms with van der Waals surface area (Å²) in [5.74, 6) is 6.21. The van der Waals surface area contributed by atoms with E-state index in [9.17, 15) is 0 Å². The normalized spacial score (nSPS) is 12.2. The van der Waals surface area contributed by atoms with Gasteiger partial charge >= 0.3 is 0 Å². The van der Waals surface area contributed by atoms with Gasteiger partial charge in [0.05, 0.1) is 13.2 Å². The number of nitrogens with two attached hydrogens (primary N) is 1. The first-order chi connectivity index (χ1) is 8.76. The summed E-state index contributed by atoms with van der Waals surface area (Å²) in [4.78, 5) is 8.35. The lowest BCUT2D eigenvalue weighted by molar-refractivity contribution is 0.387. The number of rotatable bonds is 4. The van der Waals surface area contributed by atoms with Gasteiger partial charge in [0.2, 0.25) is 5.88 Å². The van der Waals surface area contributed by atoms with Crippen molar-refractivity contribution in [1.82, 2.24) is 15.4 Å². The number of methoxy groups -OCH3 is 1. The van der Waals surface area contributed by atoms with Crippen LogP contribution in [0.15, 0.2) is 36.8 Å². The van der Waals surface area contributed by atoms with Crippen LogP contribution in [0.5, 0.6) is 5.88 Å². The fraction of sp³-hybridized carbons (Fsp3) is 0.231. The van der Waals surface area contributed by atoms with Gasteiger partial charge in [0.1, 0.15) is 0 Å². The number of hydrogen-bond donors (Lipinski definition) is 2. The van der Waals surface area contributed by atoms with Gasteiger partial charge in [-0.05, 0) is 24.1 Å². The summed E-state index contributed by atoms with van der Waals surface area (Å²) in [6, 6.07) is 5.62. The van der Waals surface area contributed by atoms with Gasteiger partial charge in [-0.1, -0.05) is 12.1 Å². The third-order valence-corrected chi connectivity index (χ3v) is 2.70. The molecule has 0 aliphatic carbocycles. The van der Waals surface area contributed by atoms with E-state index in [4.69, 9.17) is 10.6 Å². The fourth-order valence-corrected chi connectivity index (χ4v) is 1.90. The second kappa shape index (κ2) is 5.57. The van der Waals surface area contributed by atoms with Crippen molar-refractivity contribution in [3.05, 3.63) is 53.5 Å². The summed E-state index contributed by atoms with van der Waals surface area (Å²) >= 11 is 0. The molecule has 1 unspecified atom stereocenters. The molecule has 5 heteroatoms. The number of ether oxygens (including phenoxy) is 1. The van der Waals surface area contributed by atoms with E-state index in [0.29, 0.717) is 5.88 Å². The van der Waals surface area contributed by atoms with Crippen molar-refractivity contribution in [1.29, 1.82) is 0 Å². The second-order valence-electron chi connectivity index (χ2n) is 4.00. The third-order valence-electron chi connectivity index (χ3n) is 2.70. The molecule has 18 heavy (non-hydrogen) atoms. The standard InChI is InChI=1S/C13H16N4O/c1-9-6-10(8-15-7-9)12(17-14)11-4-3-5-16-13(11)18-2/h3-8,12,17H,14H2,1-2H3. The molecule has 0 bridgehead atoms. The molecule has 2 aromatic rings.